The quantitative estimate of drug-likeness (QED) is 0.718. The van der Waals surface area contributed by atoms with Crippen LogP contribution >= 0.6 is 0 Å². The topological polar surface area (TPSA) is 46.2 Å². The van der Waals surface area contributed by atoms with Crippen LogP contribution < -0.4 is 0 Å². The Bertz CT molecular complexity index is 399. The number of hydrogen-bond donors (Lipinski definition) is 0. The van der Waals surface area contributed by atoms with E-state index in [1.807, 2.05) is 0 Å². The summed E-state index contributed by atoms with van der Waals surface area (Å²) in [5, 5.41) is 0. The summed E-state index contributed by atoms with van der Waals surface area (Å²) in [5.41, 5.74) is 2.85. The highest BCUT2D eigenvalue weighted by Crippen LogP contribution is 2.13. The van der Waals surface area contributed by atoms with Gasteiger partial charge >= 0.3 is 0 Å². The highest BCUT2D eigenvalue weighted by atomic mass is 16.6. The van der Waals surface area contributed by atoms with E-state index < -0.39 is 0 Å². The van der Waals surface area contributed by atoms with Gasteiger partial charge in [0.05, 0.1) is 52.9 Å². The maximum absolute atomic E-state index is 5.64. The monoisotopic (exact) mass is 352 g/mol. The molecule has 0 fully saturated rings. The zero-order valence-electron chi connectivity index (χ0n) is 15.3. The molecular weight excluding hydrogens is 320 g/mol. The normalized spacial score (nSPS) is 21.0. The van der Waals surface area contributed by atoms with Crippen LogP contribution in [0.2, 0.25) is 0 Å². The molecule has 0 unspecified atom stereocenters. The first-order chi connectivity index (χ1) is 12.5. The number of aryl methyl sites for hydroxylation is 2. The third kappa shape index (κ3) is 9.92. The van der Waals surface area contributed by atoms with Gasteiger partial charge < -0.3 is 23.7 Å². The van der Waals surface area contributed by atoms with Crippen LogP contribution in [0.5, 0.6) is 0 Å². The summed E-state index contributed by atoms with van der Waals surface area (Å²) in [7, 11) is 0. The van der Waals surface area contributed by atoms with Gasteiger partial charge in [-0.25, -0.2) is 0 Å². The van der Waals surface area contributed by atoms with Crippen molar-refractivity contribution in [3.63, 3.8) is 0 Å². The molecular formula is C20H32O5. The molecule has 25 heavy (non-hydrogen) atoms. The van der Waals surface area contributed by atoms with E-state index in [9.17, 15) is 0 Å². The number of ether oxygens (including phenoxy) is 5. The molecule has 0 aliphatic carbocycles. The minimum absolute atomic E-state index is 0.594. The van der Waals surface area contributed by atoms with Gasteiger partial charge in [-0.05, 0) is 36.8 Å². The Kier molecular flexibility index (Phi) is 11.6. The van der Waals surface area contributed by atoms with E-state index >= 15 is 0 Å². The molecule has 0 saturated heterocycles. The van der Waals surface area contributed by atoms with E-state index in [1.54, 1.807) is 0 Å². The summed E-state index contributed by atoms with van der Waals surface area (Å²) < 4.78 is 27.7. The third-order valence-corrected chi connectivity index (χ3v) is 4.08. The first-order valence-electron chi connectivity index (χ1n) is 9.42. The Morgan fingerprint density at radius 1 is 0.440 bits per heavy atom. The van der Waals surface area contributed by atoms with Gasteiger partial charge in [-0.2, -0.15) is 0 Å². The predicted molar refractivity (Wildman–Crippen MR) is 97.2 cm³/mol. The molecule has 5 nitrogen and oxygen atoms in total. The molecule has 1 aliphatic heterocycles. The maximum atomic E-state index is 5.64. The molecule has 0 spiro atoms. The van der Waals surface area contributed by atoms with Crippen molar-refractivity contribution in [1.82, 2.24) is 0 Å². The van der Waals surface area contributed by atoms with Crippen molar-refractivity contribution in [2.45, 2.75) is 25.7 Å². The van der Waals surface area contributed by atoms with Crippen molar-refractivity contribution < 1.29 is 23.7 Å². The molecule has 5 heteroatoms. The molecule has 1 aromatic carbocycles. The van der Waals surface area contributed by atoms with Gasteiger partial charge in [0.2, 0.25) is 0 Å². The highest BCUT2D eigenvalue weighted by molar-refractivity contribution is 5.27. The van der Waals surface area contributed by atoms with E-state index in [-0.39, 0.29) is 0 Å². The molecule has 1 heterocycles. The zero-order valence-corrected chi connectivity index (χ0v) is 15.3. The Morgan fingerprint density at radius 2 is 0.760 bits per heavy atom. The van der Waals surface area contributed by atoms with Crippen molar-refractivity contribution in [2.24, 2.45) is 0 Å². The van der Waals surface area contributed by atoms with Gasteiger partial charge in [0.1, 0.15) is 0 Å². The number of hydrogen-bond acceptors (Lipinski definition) is 5. The summed E-state index contributed by atoms with van der Waals surface area (Å²) in [6, 6.07) is 8.68. The van der Waals surface area contributed by atoms with Crippen LogP contribution in [0.3, 0.4) is 0 Å². The second-order valence-electron chi connectivity index (χ2n) is 6.04. The van der Waals surface area contributed by atoms with E-state index in [2.05, 4.69) is 24.3 Å². The molecule has 1 aliphatic rings. The summed E-state index contributed by atoms with van der Waals surface area (Å²) in [5.74, 6) is 0. The molecule has 0 saturated carbocycles. The number of benzene rings is 1. The van der Waals surface area contributed by atoms with Crippen LogP contribution in [0, 0.1) is 0 Å². The zero-order chi connectivity index (χ0) is 17.4. The van der Waals surface area contributed by atoms with Gasteiger partial charge in [0.25, 0.3) is 0 Å². The van der Waals surface area contributed by atoms with Crippen LogP contribution in [-0.2, 0) is 36.5 Å². The van der Waals surface area contributed by atoms with Gasteiger partial charge in [-0.3, -0.25) is 0 Å². The molecule has 0 aromatic heterocycles. The van der Waals surface area contributed by atoms with Gasteiger partial charge in [-0.1, -0.05) is 24.3 Å². The Hall–Kier alpha value is -0.980. The van der Waals surface area contributed by atoms with Gasteiger partial charge in [0.15, 0.2) is 0 Å². The van der Waals surface area contributed by atoms with Gasteiger partial charge in [-0.15, -0.1) is 0 Å². The molecule has 0 amide bonds. The molecule has 0 N–H and O–H groups in total. The fourth-order valence-corrected chi connectivity index (χ4v) is 2.76. The lowest BCUT2D eigenvalue weighted by Gasteiger charge is -2.10. The Morgan fingerprint density at radius 3 is 1.12 bits per heavy atom. The molecule has 1 aromatic rings. The van der Waals surface area contributed by atoms with Crippen LogP contribution in [0.1, 0.15) is 24.0 Å². The van der Waals surface area contributed by atoms with Crippen molar-refractivity contribution in [3.05, 3.63) is 35.4 Å². The average Bonchev–Trinajstić information content (AvgIpc) is 2.64. The first kappa shape index (κ1) is 20.3. The third-order valence-electron chi connectivity index (χ3n) is 4.08. The fraction of sp³-hybridized carbons (Fsp3) is 0.700. The fourth-order valence-electron chi connectivity index (χ4n) is 2.76. The lowest BCUT2D eigenvalue weighted by atomic mass is 9.99. The lowest BCUT2D eigenvalue weighted by Crippen LogP contribution is -2.13. The first-order valence-corrected chi connectivity index (χ1v) is 9.42. The number of rotatable bonds is 0. The summed E-state index contributed by atoms with van der Waals surface area (Å²) in [6.07, 6.45) is 4.18. The SMILES string of the molecule is c1ccc2c(c1)CCCOCCOCCOCCOCCOCCC2. The summed E-state index contributed by atoms with van der Waals surface area (Å²) in [6.45, 7) is 6.45. The number of fused-ring (bicyclic) bond motifs is 1. The second kappa shape index (κ2) is 14.2. The van der Waals surface area contributed by atoms with Crippen LogP contribution in [0.15, 0.2) is 24.3 Å². The molecule has 0 bridgehead atoms. The van der Waals surface area contributed by atoms with Crippen LogP contribution in [0.25, 0.3) is 0 Å². The van der Waals surface area contributed by atoms with E-state index in [0.29, 0.717) is 52.9 Å². The average molecular weight is 352 g/mol. The standard InChI is InChI=1S/C20H32O5/c1-2-6-20-8-4-10-22-12-14-24-16-18-25-17-15-23-13-11-21-9-3-7-19(20)5-1/h1-2,5-6H,3-4,7-18H2. The van der Waals surface area contributed by atoms with Crippen molar-refractivity contribution in [3.8, 4) is 0 Å². The second-order valence-corrected chi connectivity index (χ2v) is 6.04. The minimum Gasteiger partial charge on any atom is -0.379 e. The molecule has 142 valence electrons. The molecule has 2 rings (SSSR count). The van der Waals surface area contributed by atoms with Crippen LogP contribution in [-0.4, -0.2) is 66.1 Å². The minimum atomic E-state index is 0.594. The predicted octanol–water partition coefficient (Wildman–Crippen LogP) is 2.65. The van der Waals surface area contributed by atoms with Crippen LogP contribution in [0.4, 0.5) is 0 Å². The molecule has 0 atom stereocenters. The summed E-state index contributed by atoms with van der Waals surface area (Å²) >= 11 is 0. The maximum Gasteiger partial charge on any atom is 0.0701 e. The van der Waals surface area contributed by atoms with E-state index in [1.165, 1.54) is 11.1 Å². The van der Waals surface area contributed by atoms with Gasteiger partial charge in [0, 0.05) is 13.2 Å². The molecule has 0 radical (unpaired) electrons. The van der Waals surface area contributed by atoms with E-state index in [4.69, 9.17) is 23.7 Å². The Labute approximate surface area is 151 Å². The summed E-state index contributed by atoms with van der Waals surface area (Å²) in [4.78, 5) is 0. The lowest BCUT2D eigenvalue weighted by molar-refractivity contribution is -0.0111. The highest BCUT2D eigenvalue weighted by Gasteiger charge is 2.02. The van der Waals surface area contributed by atoms with Crippen molar-refractivity contribution in [1.29, 1.82) is 0 Å². The smallest absolute Gasteiger partial charge is 0.0701 e. The van der Waals surface area contributed by atoms with E-state index in [0.717, 1.165) is 38.9 Å². The van der Waals surface area contributed by atoms with Crippen molar-refractivity contribution >= 4 is 0 Å². The largest absolute Gasteiger partial charge is 0.379 e. The van der Waals surface area contributed by atoms with Crippen molar-refractivity contribution in [2.75, 3.05) is 66.1 Å². The Balaban J connectivity index is 1.73.